The predicted molar refractivity (Wildman–Crippen MR) is 153 cm³/mol. The molecule has 0 saturated carbocycles. The number of nitrogens with zero attached hydrogens (tertiary/aromatic N) is 1. The maximum atomic E-state index is 13.4. The Morgan fingerprint density at radius 1 is 1.03 bits per heavy atom. The van der Waals surface area contributed by atoms with Gasteiger partial charge in [-0.15, -0.1) is 0 Å². The molecule has 9 nitrogen and oxygen atoms in total. The monoisotopic (exact) mass is 641 g/mol. The second-order valence-electron chi connectivity index (χ2n) is 10.5. The number of amides is 3. The maximum absolute atomic E-state index is 13.4. The summed E-state index contributed by atoms with van der Waals surface area (Å²) in [6.45, 7) is 10.7. The Morgan fingerprint density at radius 3 is 2.29 bits per heavy atom. The van der Waals surface area contributed by atoms with Crippen LogP contribution in [0.25, 0.3) is 0 Å². The van der Waals surface area contributed by atoms with Crippen LogP contribution >= 0.6 is 22.6 Å². The van der Waals surface area contributed by atoms with Crippen molar-refractivity contribution < 1.29 is 29.0 Å². The van der Waals surface area contributed by atoms with Crippen LogP contribution in [0.2, 0.25) is 0 Å². The molecule has 1 aliphatic rings. The molecule has 1 heterocycles. The summed E-state index contributed by atoms with van der Waals surface area (Å²) in [7, 11) is 1.50. The summed E-state index contributed by atoms with van der Waals surface area (Å²) in [6.07, 6.45) is 2.96. The molecule has 2 rings (SSSR count). The van der Waals surface area contributed by atoms with Crippen LogP contribution in [0.4, 0.5) is 0 Å². The van der Waals surface area contributed by atoms with E-state index in [0.29, 0.717) is 16.4 Å². The van der Waals surface area contributed by atoms with Crippen LogP contribution in [0, 0.1) is 15.4 Å². The molecule has 3 amide bonds. The zero-order chi connectivity index (χ0) is 28.7. The molecule has 210 valence electrons. The molecule has 0 fully saturated rings. The van der Waals surface area contributed by atoms with E-state index in [1.807, 2.05) is 50.3 Å². The average molecular weight is 642 g/mol. The Morgan fingerprint density at radius 2 is 1.66 bits per heavy atom. The van der Waals surface area contributed by atoms with Gasteiger partial charge in [0.2, 0.25) is 17.7 Å². The number of allylic oxidation sites excluding steroid dienone is 2. The fourth-order valence-corrected chi connectivity index (χ4v) is 5.20. The minimum Gasteiger partial charge on any atom is -0.507 e. The number of aromatic hydroxyl groups is 1. The van der Waals surface area contributed by atoms with E-state index in [4.69, 9.17) is 4.74 Å². The molecule has 0 bridgehead atoms. The Bertz CT molecular complexity index is 1070. The van der Waals surface area contributed by atoms with Crippen LogP contribution in [0.3, 0.4) is 0 Å². The molecule has 10 heteroatoms. The third-order valence-corrected chi connectivity index (χ3v) is 7.53. The van der Waals surface area contributed by atoms with E-state index in [2.05, 4.69) is 16.7 Å². The SMILES string of the molecule is C/C1=C/[C@H](C)C[C@H](C)OC(=O)[C@H](C)NC(=O)[C@@H](Cc2ccc(O)c(I)c2)N(C)C(=O)[C@H](C)NC(=O)[C@@H](C)C1. The van der Waals surface area contributed by atoms with Gasteiger partial charge in [-0.25, -0.2) is 4.79 Å². The summed E-state index contributed by atoms with van der Waals surface area (Å²) >= 11 is 1.99. The highest BCUT2D eigenvalue weighted by molar-refractivity contribution is 14.1. The number of phenolic OH excluding ortho intramolecular Hbond substituents is 1. The zero-order valence-electron chi connectivity index (χ0n) is 23.2. The molecule has 0 aromatic heterocycles. The summed E-state index contributed by atoms with van der Waals surface area (Å²) < 4.78 is 6.20. The second kappa shape index (κ2) is 14.0. The van der Waals surface area contributed by atoms with E-state index >= 15 is 0 Å². The number of benzene rings is 1. The summed E-state index contributed by atoms with van der Waals surface area (Å²) in [6, 6.07) is 2.17. The van der Waals surface area contributed by atoms with Crippen molar-refractivity contribution in [3.05, 3.63) is 39.0 Å². The molecule has 0 radical (unpaired) electrons. The van der Waals surface area contributed by atoms with Gasteiger partial charge in [0.05, 0.1) is 9.67 Å². The number of halogens is 1. The van der Waals surface area contributed by atoms with E-state index in [-0.39, 0.29) is 36.0 Å². The van der Waals surface area contributed by atoms with Crippen LogP contribution in [0.5, 0.6) is 5.75 Å². The molecule has 38 heavy (non-hydrogen) atoms. The normalized spacial score (nSPS) is 30.3. The van der Waals surface area contributed by atoms with E-state index < -0.39 is 35.9 Å². The van der Waals surface area contributed by atoms with Crippen LogP contribution < -0.4 is 10.6 Å². The van der Waals surface area contributed by atoms with Gasteiger partial charge < -0.3 is 25.4 Å². The average Bonchev–Trinajstić information content (AvgIpc) is 2.82. The Labute approximate surface area is 238 Å². The molecular weight excluding hydrogens is 601 g/mol. The molecule has 0 saturated heterocycles. The van der Waals surface area contributed by atoms with Crippen molar-refractivity contribution in [3.63, 3.8) is 0 Å². The van der Waals surface area contributed by atoms with Crippen LogP contribution in [-0.2, 0) is 30.3 Å². The van der Waals surface area contributed by atoms with Crippen molar-refractivity contribution in [1.82, 2.24) is 15.5 Å². The molecular formula is C28H40IN3O6. The lowest BCUT2D eigenvalue weighted by molar-refractivity contribution is -0.153. The highest BCUT2D eigenvalue weighted by Crippen LogP contribution is 2.22. The number of hydrogen-bond donors (Lipinski definition) is 3. The van der Waals surface area contributed by atoms with Crippen molar-refractivity contribution in [1.29, 1.82) is 0 Å². The van der Waals surface area contributed by atoms with E-state index in [0.717, 1.165) is 11.1 Å². The van der Waals surface area contributed by atoms with Gasteiger partial charge in [0, 0.05) is 19.4 Å². The number of carbonyl (C=O) groups is 4. The first-order chi connectivity index (χ1) is 17.7. The van der Waals surface area contributed by atoms with Gasteiger partial charge in [0.25, 0.3) is 0 Å². The number of hydrogen-bond acceptors (Lipinski definition) is 6. The standard InChI is InChI=1S/C28H40IN3O6/c1-15-10-16(2)12-18(4)38-28(37)20(6)31-26(35)23(14-21-8-9-24(33)22(29)13-21)32(7)27(36)19(5)30-25(34)17(3)11-15/h8-10,13,16-20,23,33H,11-12,14H2,1-7H3,(H,30,34)(H,31,35)/b15-10-/t16-,17-,18-,19-,20-,23+/m0/s1. The smallest absolute Gasteiger partial charge is 0.328 e. The van der Waals surface area contributed by atoms with Gasteiger partial charge >= 0.3 is 5.97 Å². The van der Waals surface area contributed by atoms with Gasteiger partial charge in [0.15, 0.2) is 0 Å². The first kappa shape index (κ1) is 31.6. The second-order valence-corrected chi connectivity index (χ2v) is 11.7. The van der Waals surface area contributed by atoms with Gasteiger partial charge in [-0.3, -0.25) is 14.4 Å². The summed E-state index contributed by atoms with van der Waals surface area (Å²) in [5, 5.41) is 15.4. The van der Waals surface area contributed by atoms with Crippen molar-refractivity contribution in [2.24, 2.45) is 11.8 Å². The molecule has 0 aliphatic carbocycles. The molecule has 1 aromatic rings. The number of ether oxygens (including phenoxy) is 1. The Balaban J connectivity index is 2.40. The largest absolute Gasteiger partial charge is 0.507 e. The van der Waals surface area contributed by atoms with E-state index in [1.54, 1.807) is 26.0 Å². The predicted octanol–water partition coefficient (Wildman–Crippen LogP) is 3.32. The number of nitrogens with one attached hydrogen (secondary N) is 2. The topological polar surface area (TPSA) is 125 Å². The molecule has 1 aromatic carbocycles. The minimum absolute atomic E-state index is 0.114. The maximum Gasteiger partial charge on any atom is 0.328 e. The number of likely N-dealkylation sites (N-methyl/N-ethyl adjacent to an activating group) is 1. The number of esters is 1. The van der Waals surface area contributed by atoms with Crippen molar-refractivity contribution in [2.75, 3.05) is 7.05 Å². The van der Waals surface area contributed by atoms with Gasteiger partial charge in [-0.2, -0.15) is 0 Å². The van der Waals surface area contributed by atoms with Crippen molar-refractivity contribution in [2.45, 2.75) is 85.0 Å². The van der Waals surface area contributed by atoms with Crippen molar-refractivity contribution >= 4 is 46.3 Å². The van der Waals surface area contributed by atoms with Crippen LogP contribution in [0.15, 0.2) is 29.8 Å². The third-order valence-electron chi connectivity index (χ3n) is 6.67. The summed E-state index contributed by atoms with van der Waals surface area (Å²) in [4.78, 5) is 53.7. The lowest BCUT2D eigenvalue weighted by Gasteiger charge is -2.31. The fourth-order valence-electron chi connectivity index (χ4n) is 4.62. The number of carbonyl (C=O) groups excluding carboxylic acids is 4. The molecule has 3 N–H and O–H groups in total. The van der Waals surface area contributed by atoms with Crippen LogP contribution in [-0.4, -0.2) is 65.0 Å². The first-order valence-electron chi connectivity index (χ1n) is 12.9. The van der Waals surface area contributed by atoms with Gasteiger partial charge in [-0.05, 0) is 86.7 Å². The number of cyclic esters (lactones) is 1. The third kappa shape index (κ3) is 8.99. The number of phenols is 1. The molecule has 6 atom stereocenters. The minimum atomic E-state index is -0.976. The molecule has 0 spiro atoms. The van der Waals surface area contributed by atoms with Gasteiger partial charge in [-0.1, -0.05) is 31.6 Å². The highest BCUT2D eigenvalue weighted by Gasteiger charge is 2.33. The lowest BCUT2D eigenvalue weighted by Crippen LogP contribution is -2.56. The molecule has 0 unspecified atom stereocenters. The number of rotatable bonds is 2. The van der Waals surface area contributed by atoms with Gasteiger partial charge in [0.1, 0.15) is 23.9 Å². The summed E-state index contributed by atoms with van der Waals surface area (Å²) in [5.41, 5.74) is 1.76. The van der Waals surface area contributed by atoms with E-state index in [1.165, 1.54) is 18.0 Å². The fraction of sp³-hybridized carbons (Fsp3) is 0.571. The quantitative estimate of drug-likeness (QED) is 0.259. The first-order valence-corrected chi connectivity index (χ1v) is 14.0. The van der Waals surface area contributed by atoms with Crippen LogP contribution in [0.1, 0.15) is 59.9 Å². The summed E-state index contributed by atoms with van der Waals surface area (Å²) in [5.74, 6) is -1.89. The lowest BCUT2D eigenvalue weighted by atomic mass is 9.95. The Kier molecular flexibility index (Phi) is 11.6. The highest BCUT2D eigenvalue weighted by atomic mass is 127. The van der Waals surface area contributed by atoms with E-state index in [9.17, 15) is 24.3 Å². The van der Waals surface area contributed by atoms with Crippen molar-refractivity contribution in [3.8, 4) is 5.75 Å². The molecule has 1 aliphatic heterocycles. The zero-order valence-corrected chi connectivity index (χ0v) is 25.4. The Hall–Kier alpha value is -2.63.